The summed E-state index contributed by atoms with van der Waals surface area (Å²) in [7, 11) is 0. The van der Waals surface area contributed by atoms with E-state index < -0.39 is 23.2 Å². The molecule has 9 nitrogen and oxygen atoms in total. The van der Waals surface area contributed by atoms with Crippen molar-refractivity contribution in [2.24, 2.45) is 0 Å². The largest absolute Gasteiger partial charge is 0.446 e. The van der Waals surface area contributed by atoms with Gasteiger partial charge in [-0.2, -0.15) is 0 Å². The molecule has 0 saturated heterocycles. The predicted octanol–water partition coefficient (Wildman–Crippen LogP) is 5.77. The van der Waals surface area contributed by atoms with E-state index >= 15 is 0 Å². The lowest BCUT2D eigenvalue weighted by Crippen LogP contribution is -2.46. The van der Waals surface area contributed by atoms with Crippen LogP contribution in [0.2, 0.25) is 0 Å². The van der Waals surface area contributed by atoms with Crippen LogP contribution in [0.3, 0.4) is 0 Å². The Morgan fingerprint density at radius 3 is 2.02 bits per heavy atom. The zero-order valence-electron chi connectivity index (χ0n) is 23.0. The average Bonchev–Trinajstić information content (AvgIpc) is 3.67. The van der Waals surface area contributed by atoms with Gasteiger partial charge in [0.1, 0.15) is 5.82 Å². The Hall–Kier alpha value is -4.87. The molecule has 2 N–H and O–H groups in total. The van der Waals surface area contributed by atoms with Gasteiger partial charge in [-0.1, -0.05) is 96.2 Å². The van der Waals surface area contributed by atoms with Crippen LogP contribution in [0, 0.1) is 5.82 Å². The number of rotatable bonds is 10. The van der Waals surface area contributed by atoms with Gasteiger partial charge in [-0.05, 0) is 61.1 Å². The number of benzene rings is 4. The molecule has 0 atom stereocenters. The van der Waals surface area contributed by atoms with Gasteiger partial charge >= 0.3 is 5.76 Å². The molecule has 0 aliphatic carbocycles. The van der Waals surface area contributed by atoms with E-state index in [0.717, 1.165) is 21.3 Å². The summed E-state index contributed by atoms with van der Waals surface area (Å²) in [6.07, 6.45) is 0. The second-order valence-electron chi connectivity index (χ2n) is 9.29. The predicted molar refractivity (Wildman–Crippen MR) is 159 cm³/mol. The van der Waals surface area contributed by atoms with Crippen molar-refractivity contribution in [2.45, 2.75) is 5.54 Å². The van der Waals surface area contributed by atoms with E-state index in [9.17, 15) is 9.18 Å². The maximum atomic E-state index is 14.1. The van der Waals surface area contributed by atoms with E-state index in [2.05, 4.69) is 78.4 Å². The van der Waals surface area contributed by atoms with Gasteiger partial charge in [0.25, 0.3) is 0 Å². The van der Waals surface area contributed by atoms with Crippen molar-refractivity contribution >= 4 is 21.7 Å². The molecule has 42 heavy (non-hydrogen) atoms. The minimum atomic E-state index is -0.845. The summed E-state index contributed by atoms with van der Waals surface area (Å²) in [6, 6.07) is 32.8. The molecule has 210 valence electrons. The van der Waals surface area contributed by atoms with Crippen LogP contribution in [0.15, 0.2) is 128 Å². The molecule has 0 unspecified atom stereocenters. The number of halogens is 2. The van der Waals surface area contributed by atoms with Crippen LogP contribution in [0.4, 0.5) is 10.2 Å². The van der Waals surface area contributed by atoms with Crippen LogP contribution >= 0.6 is 15.9 Å². The number of hydrogen-bond donors (Lipinski definition) is 2. The van der Waals surface area contributed by atoms with E-state index in [4.69, 9.17) is 10.5 Å². The number of nitrogens with zero attached hydrogens (tertiary/aromatic N) is 4. The molecule has 6 aromatic rings. The maximum absolute atomic E-state index is 14.1. The van der Waals surface area contributed by atoms with Gasteiger partial charge < -0.3 is 5.32 Å². The van der Waals surface area contributed by atoms with Gasteiger partial charge in [0.15, 0.2) is 5.69 Å². The summed E-state index contributed by atoms with van der Waals surface area (Å²) in [5, 5.41) is 18.7. The highest BCUT2D eigenvalue weighted by molar-refractivity contribution is 9.10. The third-order valence-corrected chi connectivity index (χ3v) is 7.40. The van der Waals surface area contributed by atoms with Gasteiger partial charge in [0.2, 0.25) is 11.6 Å². The number of hydrogen-bond acceptors (Lipinski definition) is 8. The van der Waals surface area contributed by atoms with Crippen molar-refractivity contribution in [1.82, 2.24) is 25.4 Å². The van der Waals surface area contributed by atoms with E-state index in [1.807, 2.05) is 54.6 Å². The number of nitrogens with one attached hydrogen (secondary N) is 2. The molecule has 0 bridgehead atoms. The first-order valence-electron chi connectivity index (χ1n) is 13.5. The Morgan fingerprint density at radius 2 is 1.45 bits per heavy atom. The minimum Gasteiger partial charge on any atom is -0.364 e. The van der Waals surface area contributed by atoms with E-state index in [1.54, 1.807) is 0 Å². The van der Waals surface area contributed by atoms with Crippen LogP contribution in [0.5, 0.6) is 0 Å². The van der Waals surface area contributed by atoms with Crippen LogP contribution < -0.4 is 16.4 Å². The number of aromatic nitrogens is 4. The molecule has 0 aliphatic rings. The Kier molecular flexibility index (Phi) is 7.40. The topological polar surface area (TPSA) is 111 Å². The van der Waals surface area contributed by atoms with Gasteiger partial charge in [-0.3, -0.25) is 9.84 Å². The summed E-state index contributed by atoms with van der Waals surface area (Å²) in [5.41, 5.74) is 2.82. The molecule has 2 aromatic heterocycles. The first-order valence-corrected chi connectivity index (χ1v) is 13.8. The molecule has 6 rings (SSSR count). The Morgan fingerprint density at radius 1 is 0.857 bits per heavy atom. The SMILES string of the molecule is [2H]c1cc(-n2c(-c3nonc3NCCNC(c3ccccc3)(c3ccccc3)c3ccccc3)noc2=O)cc(Br)c1F. The Bertz CT molecular complexity index is 1780. The first kappa shape index (κ1) is 26.1. The molecule has 0 fully saturated rings. The fourth-order valence-electron chi connectivity index (χ4n) is 4.95. The van der Waals surface area contributed by atoms with E-state index in [-0.39, 0.29) is 27.5 Å². The fourth-order valence-corrected chi connectivity index (χ4v) is 5.30. The van der Waals surface area contributed by atoms with Gasteiger partial charge in [0, 0.05) is 13.1 Å². The highest BCUT2D eigenvalue weighted by atomic mass is 79.9. The smallest absolute Gasteiger partial charge is 0.364 e. The second-order valence-corrected chi connectivity index (χ2v) is 10.1. The summed E-state index contributed by atoms with van der Waals surface area (Å²) in [4.78, 5) is 12.6. The van der Waals surface area contributed by atoms with Crippen molar-refractivity contribution in [3.8, 4) is 17.2 Å². The third kappa shape index (κ3) is 5.15. The maximum Gasteiger partial charge on any atom is 0.446 e. The normalized spacial score (nSPS) is 11.8. The van der Waals surface area contributed by atoms with E-state index in [1.165, 1.54) is 12.1 Å². The molecule has 11 heteroatoms. The zero-order valence-corrected chi connectivity index (χ0v) is 23.6. The molecule has 0 saturated carbocycles. The zero-order chi connectivity index (χ0) is 29.8. The van der Waals surface area contributed by atoms with Crippen LogP contribution in [0.1, 0.15) is 18.1 Å². The standard InChI is InChI=1S/C31H24BrFN6O3/c32-25-20-24(16-17-26(25)33)39-29(38-41-30(39)40)27-28(37-42-36-27)34-18-19-35-31(21-10-4-1-5-11-21,22-12-6-2-7-13-22)23-14-8-3-9-15-23/h1-17,20,35H,18-19H2,(H,34,37)/i17D. The number of anilines is 1. The fraction of sp³-hybridized carbons (Fsp3) is 0.0968. The second kappa shape index (κ2) is 11.9. The van der Waals surface area contributed by atoms with Crippen molar-refractivity contribution in [2.75, 3.05) is 18.4 Å². The van der Waals surface area contributed by atoms with Gasteiger partial charge in [0.05, 0.1) is 17.1 Å². The van der Waals surface area contributed by atoms with Gasteiger partial charge in [-0.15, -0.1) is 0 Å². The summed E-state index contributed by atoms with van der Waals surface area (Å²) >= 11 is 3.08. The molecule has 0 aliphatic heterocycles. The third-order valence-electron chi connectivity index (χ3n) is 6.82. The molecule has 2 heterocycles. The monoisotopic (exact) mass is 627 g/mol. The van der Waals surface area contributed by atoms with E-state index in [0.29, 0.717) is 13.1 Å². The molecule has 0 amide bonds. The lowest BCUT2D eigenvalue weighted by atomic mass is 9.77. The van der Waals surface area contributed by atoms with Crippen molar-refractivity contribution in [3.63, 3.8) is 0 Å². The molecular formula is C31H24BrFN6O3. The Balaban J connectivity index is 1.29. The van der Waals surface area contributed by atoms with Crippen LogP contribution in [0.25, 0.3) is 17.2 Å². The lowest BCUT2D eigenvalue weighted by molar-refractivity contribution is 0.309. The highest BCUT2D eigenvalue weighted by Crippen LogP contribution is 2.36. The molecule has 4 aromatic carbocycles. The first-order chi connectivity index (χ1) is 21.0. The summed E-state index contributed by atoms with van der Waals surface area (Å²) in [6.45, 7) is 0.861. The quantitative estimate of drug-likeness (QED) is 0.145. The minimum absolute atomic E-state index is 0.00971. The molecular weight excluding hydrogens is 603 g/mol. The summed E-state index contributed by atoms with van der Waals surface area (Å²) in [5.74, 6) is -1.40. The van der Waals surface area contributed by atoms with Crippen molar-refractivity contribution < 1.29 is 14.9 Å². The van der Waals surface area contributed by atoms with Crippen LogP contribution in [-0.4, -0.2) is 33.1 Å². The average molecular weight is 628 g/mol. The van der Waals surface area contributed by atoms with Crippen LogP contribution in [-0.2, 0) is 5.54 Å². The van der Waals surface area contributed by atoms with Crippen molar-refractivity contribution in [1.29, 1.82) is 0 Å². The van der Waals surface area contributed by atoms with Gasteiger partial charge in [-0.25, -0.2) is 18.4 Å². The molecule has 0 radical (unpaired) electrons. The molecule has 0 spiro atoms. The lowest BCUT2D eigenvalue weighted by Gasteiger charge is -2.37. The summed E-state index contributed by atoms with van der Waals surface area (Å²) < 4.78 is 32.9. The Labute approximate surface area is 249 Å². The highest BCUT2D eigenvalue weighted by Gasteiger charge is 2.35. The van der Waals surface area contributed by atoms with Crippen molar-refractivity contribution in [3.05, 3.63) is 147 Å².